The minimum atomic E-state index is -4.53. The zero-order chi connectivity index (χ0) is 23.5. The molecular weight excluding hydrogens is 449 g/mol. The summed E-state index contributed by atoms with van der Waals surface area (Å²) in [7, 11) is -1.05. The molecule has 174 valence electrons. The van der Waals surface area contributed by atoms with Crippen LogP contribution in [-0.4, -0.2) is 59.0 Å². The molecule has 0 aliphatic carbocycles. The van der Waals surface area contributed by atoms with E-state index in [1.807, 2.05) is 4.90 Å². The number of alkyl halides is 3. The van der Waals surface area contributed by atoms with E-state index in [0.29, 0.717) is 32.0 Å². The molecule has 0 atom stereocenters. The van der Waals surface area contributed by atoms with Gasteiger partial charge in [-0.05, 0) is 36.4 Å². The number of morpholine rings is 1. The summed E-state index contributed by atoms with van der Waals surface area (Å²) < 4.78 is 70.2. The third-order valence-electron chi connectivity index (χ3n) is 4.85. The van der Waals surface area contributed by atoms with Crippen molar-refractivity contribution < 1.29 is 31.1 Å². The maximum absolute atomic E-state index is 13.0. The van der Waals surface area contributed by atoms with E-state index in [2.05, 4.69) is 10.9 Å². The first-order chi connectivity index (χ1) is 15.0. The maximum atomic E-state index is 13.0. The molecule has 0 saturated carbocycles. The molecule has 0 radical (unpaired) electrons. The van der Waals surface area contributed by atoms with Crippen LogP contribution in [0.1, 0.15) is 15.9 Å². The Labute approximate surface area is 184 Å². The van der Waals surface area contributed by atoms with Crippen molar-refractivity contribution >= 4 is 27.3 Å². The smallest absolute Gasteiger partial charge is 0.378 e. The fraction of sp³-hybridized carbons (Fsp3) is 0.350. The lowest BCUT2D eigenvalue weighted by atomic mass is 10.1. The standard InChI is InChI=1S/C20H23F3N4O4S/c1-26(2)32(29,30)16-6-7-18(27-8-10-31-11-9-27)17(13-16)19(28)25-24-15-5-3-4-14(12-15)20(21,22)23/h3-7,12-13,24H,8-11H2,1-2H3,(H,25,28). The van der Waals surface area contributed by atoms with Crippen LogP contribution in [0.15, 0.2) is 47.4 Å². The average molecular weight is 472 g/mol. The van der Waals surface area contributed by atoms with Gasteiger partial charge in [-0.25, -0.2) is 12.7 Å². The summed E-state index contributed by atoms with van der Waals surface area (Å²) in [6.45, 7) is 1.89. The quantitative estimate of drug-likeness (QED) is 0.628. The van der Waals surface area contributed by atoms with E-state index >= 15 is 0 Å². The number of halogens is 3. The van der Waals surface area contributed by atoms with Gasteiger partial charge in [-0.1, -0.05) is 6.07 Å². The first-order valence-electron chi connectivity index (χ1n) is 9.63. The Hall–Kier alpha value is -2.83. The van der Waals surface area contributed by atoms with E-state index in [9.17, 15) is 26.4 Å². The fourth-order valence-corrected chi connectivity index (χ4v) is 4.05. The molecule has 8 nitrogen and oxygen atoms in total. The van der Waals surface area contributed by atoms with E-state index < -0.39 is 27.7 Å². The van der Waals surface area contributed by atoms with Gasteiger partial charge in [-0.15, -0.1) is 0 Å². The molecule has 32 heavy (non-hydrogen) atoms. The predicted octanol–water partition coefficient (Wildman–Crippen LogP) is 2.55. The Balaban J connectivity index is 1.90. The molecular formula is C20H23F3N4O4S. The van der Waals surface area contributed by atoms with Crippen molar-refractivity contribution in [2.24, 2.45) is 0 Å². The van der Waals surface area contributed by atoms with E-state index in [-0.39, 0.29) is 16.1 Å². The van der Waals surface area contributed by atoms with Gasteiger partial charge in [0.1, 0.15) is 0 Å². The number of anilines is 2. The number of carbonyl (C=O) groups excluding carboxylic acids is 1. The Morgan fingerprint density at radius 1 is 1.09 bits per heavy atom. The third kappa shape index (κ3) is 5.31. The normalized spacial score (nSPS) is 15.0. The van der Waals surface area contributed by atoms with E-state index in [0.717, 1.165) is 16.4 Å². The zero-order valence-corrected chi connectivity index (χ0v) is 18.3. The Bertz CT molecular complexity index is 1080. The van der Waals surface area contributed by atoms with Crippen LogP contribution in [0.2, 0.25) is 0 Å². The Morgan fingerprint density at radius 3 is 2.41 bits per heavy atom. The van der Waals surface area contributed by atoms with Crippen molar-refractivity contribution in [3.63, 3.8) is 0 Å². The minimum Gasteiger partial charge on any atom is -0.378 e. The largest absolute Gasteiger partial charge is 0.416 e. The molecule has 1 saturated heterocycles. The topological polar surface area (TPSA) is 91.0 Å². The summed E-state index contributed by atoms with van der Waals surface area (Å²) >= 11 is 0. The van der Waals surface area contributed by atoms with Crippen molar-refractivity contribution in [3.8, 4) is 0 Å². The van der Waals surface area contributed by atoms with Crippen molar-refractivity contribution in [1.29, 1.82) is 0 Å². The van der Waals surface area contributed by atoms with Gasteiger partial charge in [0.25, 0.3) is 5.91 Å². The van der Waals surface area contributed by atoms with Gasteiger partial charge in [-0.2, -0.15) is 13.2 Å². The molecule has 3 rings (SSSR count). The summed E-state index contributed by atoms with van der Waals surface area (Å²) in [6, 6.07) is 8.56. The van der Waals surface area contributed by atoms with Crippen molar-refractivity contribution in [2.45, 2.75) is 11.1 Å². The van der Waals surface area contributed by atoms with Crippen molar-refractivity contribution in [1.82, 2.24) is 9.73 Å². The second-order valence-electron chi connectivity index (χ2n) is 7.22. The van der Waals surface area contributed by atoms with Crippen molar-refractivity contribution in [3.05, 3.63) is 53.6 Å². The lowest BCUT2D eigenvalue weighted by molar-refractivity contribution is -0.137. The fourth-order valence-electron chi connectivity index (χ4n) is 3.12. The number of sulfonamides is 1. The summed E-state index contributed by atoms with van der Waals surface area (Å²) in [5, 5.41) is 0. The second kappa shape index (κ2) is 9.35. The first-order valence-corrected chi connectivity index (χ1v) is 11.1. The summed E-state index contributed by atoms with van der Waals surface area (Å²) in [4.78, 5) is 14.8. The van der Waals surface area contributed by atoms with Crippen LogP contribution in [0.25, 0.3) is 0 Å². The predicted molar refractivity (Wildman–Crippen MR) is 113 cm³/mol. The maximum Gasteiger partial charge on any atom is 0.416 e. The number of hydrogen-bond acceptors (Lipinski definition) is 6. The SMILES string of the molecule is CN(C)S(=O)(=O)c1ccc(N2CCOCC2)c(C(=O)NNc2cccc(C(F)(F)F)c2)c1. The molecule has 0 bridgehead atoms. The molecule has 0 unspecified atom stereocenters. The number of hydrazine groups is 1. The van der Waals surface area contributed by atoms with Crippen LogP contribution in [0.5, 0.6) is 0 Å². The van der Waals surface area contributed by atoms with Crippen LogP contribution in [0.3, 0.4) is 0 Å². The van der Waals surface area contributed by atoms with Gasteiger partial charge in [-0.3, -0.25) is 15.6 Å². The van der Waals surface area contributed by atoms with Crippen LogP contribution >= 0.6 is 0 Å². The third-order valence-corrected chi connectivity index (χ3v) is 6.66. The molecule has 1 heterocycles. The number of nitrogens with one attached hydrogen (secondary N) is 2. The molecule has 2 aromatic rings. The molecule has 0 aromatic heterocycles. The van der Waals surface area contributed by atoms with Gasteiger partial charge in [0.2, 0.25) is 10.0 Å². The highest BCUT2D eigenvalue weighted by Crippen LogP contribution is 2.31. The van der Waals surface area contributed by atoms with Crippen molar-refractivity contribution in [2.75, 3.05) is 50.7 Å². The van der Waals surface area contributed by atoms with Gasteiger partial charge < -0.3 is 9.64 Å². The number of rotatable bonds is 6. The molecule has 1 aliphatic rings. The van der Waals surface area contributed by atoms with Gasteiger partial charge in [0, 0.05) is 32.9 Å². The highest BCUT2D eigenvalue weighted by Gasteiger charge is 2.30. The number of ether oxygens (including phenoxy) is 1. The van der Waals surface area contributed by atoms with E-state index in [1.165, 1.54) is 38.4 Å². The molecule has 12 heteroatoms. The highest BCUT2D eigenvalue weighted by molar-refractivity contribution is 7.89. The van der Waals surface area contributed by atoms with Crippen LogP contribution in [-0.2, 0) is 20.9 Å². The monoisotopic (exact) mass is 472 g/mol. The van der Waals surface area contributed by atoms with Crippen LogP contribution in [0.4, 0.5) is 24.5 Å². The molecule has 0 spiro atoms. The summed E-state index contributed by atoms with van der Waals surface area (Å²) in [5.41, 5.74) is 4.54. The number of hydrogen-bond donors (Lipinski definition) is 2. The van der Waals surface area contributed by atoms with Crippen LogP contribution < -0.4 is 15.8 Å². The number of carbonyl (C=O) groups is 1. The Kier molecular flexibility index (Phi) is 6.96. The lowest BCUT2D eigenvalue weighted by Gasteiger charge is -2.30. The second-order valence-corrected chi connectivity index (χ2v) is 9.38. The van der Waals surface area contributed by atoms with Gasteiger partial charge in [0.05, 0.1) is 34.9 Å². The van der Waals surface area contributed by atoms with E-state index in [4.69, 9.17) is 4.74 Å². The van der Waals surface area contributed by atoms with E-state index in [1.54, 1.807) is 6.07 Å². The highest BCUT2D eigenvalue weighted by atomic mass is 32.2. The number of amides is 1. The average Bonchev–Trinajstić information content (AvgIpc) is 2.77. The van der Waals surface area contributed by atoms with Crippen LogP contribution in [0, 0.1) is 0 Å². The first kappa shape index (κ1) is 23.8. The number of benzene rings is 2. The summed E-state index contributed by atoms with van der Waals surface area (Å²) in [5.74, 6) is -0.695. The molecule has 1 aliphatic heterocycles. The van der Waals surface area contributed by atoms with Gasteiger partial charge in [0.15, 0.2) is 0 Å². The minimum absolute atomic E-state index is 0.0261. The lowest BCUT2D eigenvalue weighted by Crippen LogP contribution is -2.38. The molecule has 1 fully saturated rings. The molecule has 1 amide bonds. The number of nitrogens with zero attached hydrogens (tertiary/aromatic N) is 2. The van der Waals surface area contributed by atoms with Gasteiger partial charge >= 0.3 is 6.18 Å². The summed E-state index contributed by atoms with van der Waals surface area (Å²) in [6.07, 6.45) is -4.53. The zero-order valence-electron chi connectivity index (χ0n) is 17.4. The molecule has 2 aromatic carbocycles. The Morgan fingerprint density at radius 2 is 1.78 bits per heavy atom. The molecule has 2 N–H and O–H groups in total.